The van der Waals surface area contributed by atoms with Gasteiger partial charge in [0.1, 0.15) is 5.75 Å². The number of hydrogen-bond donors (Lipinski definition) is 0. The molecule has 37 heavy (non-hydrogen) atoms. The minimum atomic E-state index is -5.04. The summed E-state index contributed by atoms with van der Waals surface area (Å²) in [6, 6.07) is 21.6. The van der Waals surface area contributed by atoms with Gasteiger partial charge < -0.3 is 4.74 Å². The summed E-state index contributed by atoms with van der Waals surface area (Å²) in [6.07, 6.45) is -10.0. The number of rotatable bonds is 5. The first-order chi connectivity index (χ1) is 17.4. The van der Waals surface area contributed by atoms with Crippen LogP contribution in [0.4, 0.5) is 26.3 Å². The summed E-state index contributed by atoms with van der Waals surface area (Å²) in [5, 5.41) is 1.24. The van der Waals surface area contributed by atoms with Crippen molar-refractivity contribution in [2.24, 2.45) is 0 Å². The fraction of sp³-hybridized carbons (Fsp3) is 0.172. The highest BCUT2D eigenvalue weighted by Gasteiger charge is 2.41. The van der Waals surface area contributed by atoms with E-state index in [0.717, 1.165) is 6.07 Å². The van der Waals surface area contributed by atoms with Gasteiger partial charge >= 0.3 is 12.4 Å². The lowest BCUT2D eigenvalue weighted by molar-refractivity contribution is -0.142. The van der Waals surface area contributed by atoms with Crippen molar-refractivity contribution in [2.45, 2.75) is 26.2 Å². The van der Waals surface area contributed by atoms with Gasteiger partial charge in [-0.1, -0.05) is 72.8 Å². The number of benzene rings is 4. The summed E-state index contributed by atoms with van der Waals surface area (Å²) in [4.78, 5) is 0. The molecule has 4 rings (SSSR count). The molecule has 4 aromatic rings. The van der Waals surface area contributed by atoms with Crippen LogP contribution in [0.3, 0.4) is 0 Å². The Morgan fingerprint density at radius 3 is 1.68 bits per heavy atom. The molecule has 0 radical (unpaired) electrons. The van der Waals surface area contributed by atoms with Gasteiger partial charge in [0.05, 0.1) is 18.2 Å². The van der Waals surface area contributed by atoms with Gasteiger partial charge in [-0.2, -0.15) is 26.3 Å². The molecule has 0 saturated heterocycles. The highest BCUT2D eigenvalue weighted by atomic mass is 31.1. The lowest BCUT2D eigenvalue weighted by atomic mass is 9.92. The predicted molar refractivity (Wildman–Crippen MR) is 137 cm³/mol. The number of methoxy groups -OCH3 is 1. The highest BCUT2D eigenvalue weighted by Crippen LogP contribution is 2.47. The maximum atomic E-state index is 14.6. The number of halogens is 6. The molecule has 0 aromatic heterocycles. The summed E-state index contributed by atoms with van der Waals surface area (Å²) >= 11 is 0. The zero-order valence-corrected chi connectivity index (χ0v) is 21.1. The van der Waals surface area contributed by atoms with Crippen molar-refractivity contribution >= 4 is 23.8 Å². The second-order valence-electron chi connectivity index (χ2n) is 8.51. The van der Waals surface area contributed by atoms with Crippen LogP contribution >= 0.6 is 7.92 Å². The van der Waals surface area contributed by atoms with Gasteiger partial charge in [-0.25, -0.2) is 0 Å². The predicted octanol–water partition coefficient (Wildman–Crippen LogP) is 7.77. The Morgan fingerprint density at radius 1 is 0.676 bits per heavy atom. The molecule has 0 aliphatic heterocycles. The zero-order valence-electron chi connectivity index (χ0n) is 20.2. The van der Waals surface area contributed by atoms with E-state index in [4.69, 9.17) is 4.74 Å². The maximum absolute atomic E-state index is 14.6. The van der Waals surface area contributed by atoms with Crippen molar-refractivity contribution in [3.8, 4) is 16.9 Å². The van der Waals surface area contributed by atoms with Crippen molar-refractivity contribution < 1.29 is 31.1 Å². The molecule has 0 fully saturated rings. The summed E-state index contributed by atoms with van der Waals surface area (Å²) in [5.74, 6) is 0.389. The lowest BCUT2D eigenvalue weighted by Gasteiger charge is -2.27. The topological polar surface area (TPSA) is 9.23 Å². The number of aryl methyl sites for hydroxylation is 1. The molecule has 0 atom stereocenters. The van der Waals surface area contributed by atoms with Gasteiger partial charge in [0.15, 0.2) is 0 Å². The van der Waals surface area contributed by atoms with E-state index in [9.17, 15) is 26.3 Å². The molecule has 0 spiro atoms. The summed E-state index contributed by atoms with van der Waals surface area (Å²) < 4.78 is 91.1. The fourth-order valence-corrected chi connectivity index (χ4v) is 6.99. The first-order valence-corrected chi connectivity index (χ1v) is 12.6. The van der Waals surface area contributed by atoms with E-state index < -0.39 is 31.4 Å². The molecular formula is C29H23F6OP. The minimum Gasteiger partial charge on any atom is -0.496 e. The van der Waals surface area contributed by atoms with Crippen molar-refractivity contribution in [2.75, 3.05) is 7.11 Å². The van der Waals surface area contributed by atoms with Crippen LogP contribution in [0, 0.1) is 13.8 Å². The maximum Gasteiger partial charge on any atom is 0.417 e. The Labute approximate surface area is 212 Å². The van der Waals surface area contributed by atoms with Gasteiger partial charge in [0.25, 0.3) is 0 Å². The molecule has 0 aliphatic rings. The zero-order chi connectivity index (χ0) is 27.0. The summed E-state index contributed by atoms with van der Waals surface area (Å²) in [5.41, 5.74) is -1.63. The molecule has 0 N–H and O–H groups in total. The van der Waals surface area contributed by atoms with Crippen molar-refractivity contribution in [1.82, 2.24) is 0 Å². The third kappa shape index (κ3) is 5.37. The molecule has 0 heterocycles. The molecule has 0 unspecified atom stereocenters. The van der Waals surface area contributed by atoms with Crippen LogP contribution in [-0.4, -0.2) is 7.11 Å². The summed E-state index contributed by atoms with van der Waals surface area (Å²) in [6.45, 7) is 3.38. The van der Waals surface area contributed by atoms with E-state index in [1.165, 1.54) is 13.2 Å². The third-order valence-electron chi connectivity index (χ3n) is 6.10. The minimum absolute atomic E-state index is 0.0245. The molecule has 1 nitrogen and oxygen atoms in total. The Balaban J connectivity index is 2.21. The molecule has 192 valence electrons. The van der Waals surface area contributed by atoms with Crippen LogP contribution in [0.15, 0.2) is 84.9 Å². The third-order valence-corrected chi connectivity index (χ3v) is 8.56. The highest BCUT2D eigenvalue weighted by molar-refractivity contribution is 7.80. The van der Waals surface area contributed by atoms with E-state index >= 15 is 0 Å². The molecule has 8 heteroatoms. The van der Waals surface area contributed by atoms with E-state index in [2.05, 4.69) is 0 Å². The largest absolute Gasteiger partial charge is 0.496 e. The van der Waals surface area contributed by atoms with Gasteiger partial charge in [-0.15, -0.1) is 0 Å². The van der Waals surface area contributed by atoms with Crippen molar-refractivity contribution in [3.63, 3.8) is 0 Å². The van der Waals surface area contributed by atoms with E-state index in [-0.39, 0.29) is 22.5 Å². The Bertz CT molecular complexity index is 1360. The van der Waals surface area contributed by atoms with Crippen LogP contribution in [0.5, 0.6) is 5.75 Å². The van der Waals surface area contributed by atoms with Crippen molar-refractivity contribution in [1.29, 1.82) is 0 Å². The van der Waals surface area contributed by atoms with Crippen LogP contribution in [0.2, 0.25) is 0 Å². The van der Waals surface area contributed by atoms with Gasteiger partial charge in [0, 0.05) is 5.56 Å². The molecule has 0 amide bonds. The van der Waals surface area contributed by atoms with Gasteiger partial charge in [0.2, 0.25) is 0 Å². The molecule has 0 saturated carbocycles. The quantitative estimate of drug-likeness (QED) is 0.189. The molecule has 4 aromatic carbocycles. The van der Waals surface area contributed by atoms with E-state index in [1.807, 2.05) is 0 Å². The SMILES string of the molecule is COc1c(C)ccc(-c2c(P(c3ccccc3)c3ccccc3)cc(C(F)(F)F)cc2C(F)(F)F)c1C. The van der Waals surface area contributed by atoms with Crippen LogP contribution < -0.4 is 20.7 Å². The first kappa shape index (κ1) is 26.7. The summed E-state index contributed by atoms with van der Waals surface area (Å²) in [7, 11) is -0.377. The molecular weight excluding hydrogens is 509 g/mol. The lowest BCUT2D eigenvalue weighted by Crippen LogP contribution is -2.26. The average Bonchev–Trinajstić information content (AvgIpc) is 2.85. The van der Waals surface area contributed by atoms with Crippen LogP contribution in [0.1, 0.15) is 22.3 Å². The Morgan fingerprint density at radius 2 is 1.22 bits per heavy atom. The Kier molecular flexibility index (Phi) is 7.38. The normalized spacial score (nSPS) is 12.2. The molecule has 0 bridgehead atoms. The second-order valence-corrected chi connectivity index (χ2v) is 10.7. The van der Waals surface area contributed by atoms with Crippen LogP contribution in [-0.2, 0) is 12.4 Å². The molecule has 0 aliphatic carbocycles. The average molecular weight is 532 g/mol. The van der Waals surface area contributed by atoms with E-state index in [0.29, 0.717) is 27.5 Å². The monoisotopic (exact) mass is 532 g/mol. The number of alkyl halides is 6. The smallest absolute Gasteiger partial charge is 0.417 e. The van der Waals surface area contributed by atoms with Crippen LogP contribution in [0.25, 0.3) is 11.1 Å². The first-order valence-electron chi connectivity index (χ1n) is 11.3. The number of ether oxygens (including phenoxy) is 1. The fourth-order valence-electron chi connectivity index (χ4n) is 4.47. The van der Waals surface area contributed by atoms with Crippen molar-refractivity contribution in [3.05, 3.63) is 107 Å². The number of hydrogen-bond acceptors (Lipinski definition) is 1. The van der Waals surface area contributed by atoms with Gasteiger partial charge in [-0.05, 0) is 66.5 Å². The van der Waals surface area contributed by atoms with Gasteiger partial charge in [-0.3, -0.25) is 0 Å². The van der Waals surface area contributed by atoms with E-state index in [1.54, 1.807) is 80.6 Å². The standard InChI is InChI=1S/C29H23F6OP/c1-18-14-15-23(19(2)27(18)36-3)26-24(29(33,34)35)16-20(28(30,31)32)17-25(26)37(21-10-6-4-7-11-21)22-12-8-5-9-13-22/h4-17H,1-3H3. The Hall–Kier alpha value is -3.31. The second kappa shape index (κ2) is 10.2.